The van der Waals surface area contributed by atoms with Crippen molar-refractivity contribution in [1.82, 2.24) is 15.2 Å². The normalized spacial score (nSPS) is 11.5. The minimum atomic E-state index is -3.76. The number of halogens is 1. The van der Waals surface area contributed by atoms with Crippen molar-refractivity contribution in [2.24, 2.45) is 0 Å². The molecule has 0 saturated carbocycles. The summed E-state index contributed by atoms with van der Waals surface area (Å²) in [5.74, 6) is -0.0699. The molecule has 0 unspecified atom stereocenters. The molecule has 0 bridgehead atoms. The number of aryl methyl sites for hydroxylation is 2. The Bertz CT molecular complexity index is 813. The topological polar surface area (TPSA) is 101 Å². The molecule has 0 fully saturated rings. The molecular formula is C15H18ClN3O4S. The lowest BCUT2D eigenvalue weighted by Crippen LogP contribution is -2.31. The van der Waals surface area contributed by atoms with E-state index in [-0.39, 0.29) is 41.8 Å². The molecule has 2 aromatic rings. The second-order valence-electron chi connectivity index (χ2n) is 5.17. The van der Waals surface area contributed by atoms with Crippen molar-refractivity contribution < 1.29 is 17.7 Å². The van der Waals surface area contributed by atoms with Crippen LogP contribution in [-0.2, 0) is 21.4 Å². The minimum absolute atomic E-state index is 0.00700. The predicted octanol–water partition coefficient (Wildman–Crippen LogP) is 1.93. The number of carbonyl (C=O) groups excluding carboxylic acids is 1. The molecular weight excluding hydrogens is 354 g/mol. The quantitative estimate of drug-likeness (QED) is 0.774. The molecule has 0 atom stereocenters. The second kappa shape index (κ2) is 7.78. The third-order valence-corrected chi connectivity index (χ3v) is 5.39. The Balaban J connectivity index is 1.83. The maximum atomic E-state index is 12.2. The van der Waals surface area contributed by atoms with Gasteiger partial charge in [-0.2, -0.15) is 0 Å². The summed E-state index contributed by atoms with van der Waals surface area (Å²) in [7, 11) is -3.76. The summed E-state index contributed by atoms with van der Waals surface area (Å²) in [4.78, 5) is 11.8. The summed E-state index contributed by atoms with van der Waals surface area (Å²) in [5.41, 5.74) is 1.08. The Kier molecular flexibility index (Phi) is 5.98. The lowest BCUT2D eigenvalue weighted by Gasteiger charge is -2.08. The number of nitrogens with one attached hydrogen (secondary N) is 2. The van der Waals surface area contributed by atoms with Crippen LogP contribution in [0, 0.1) is 13.8 Å². The standard InChI is InChI=1S/C15H18ClN3O4S/c1-10-15(11(2)23-19-10)24(21,22)18-8-7-14(20)17-9-12-5-3-4-6-13(12)16/h3-6,18H,7-9H2,1-2H3,(H,17,20). The van der Waals surface area contributed by atoms with Crippen LogP contribution in [0.15, 0.2) is 33.7 Å². The van der Waals surface area contributed by atoms with Gasteiger partial charge in [0.1, 0.15) is 10.6 Å². The summed E-state index contributed by atoms with van der Waals surface area (Å²) >= 11 is 6.00. The predicted molar refractivity (Wildman–Crippen MR) is 89.1 cm³/mol. The summed E-state index contributed by atoms with van der Waals surface area (Å²) in [6.07, 6.45) is 0.00700. The van der Waals surface area contributed by atoms with Gasteiger partial charge in [-0.05, 0) is 25.5 Å². The van der Waals surface area contributed by atoms with Gasteiger partial charge >= 0.3 is 0 Å². The first kappa shape index (κ1) is 18.4. The van der Waals surface area contributed by atoms with Crippen molar-refractivity contribution in [2.75, 3.05) is 6.54 Å². The highest BCUT2D eigenvalue weighted by atomic mass is 35.5. The fourth-order valence-electron chi connectivity index (χ4n) is 2.15. The summed E-state index contributed by atoms with van der Waals surface area (Å²) in [6, 6.07) is 7.17. The Morgan fingerprint density at radius 3 is 2.62 bits per heavy atom. The molecule has 1 aromatic heterocycles. The van der Waals surface area contributed by atoms with Gasteiger partial charge in [0, 0.05) is 24.5 Å². The van der Waals surface area contributed by atoms with Crippen LogP contribution in [0.3, 0.4) is 0 Å². The van der Waals surface area contributed by atoms with Gasteiger partial charge in [-0.25, -0.2) is 13.1 Å². The Morgan fingerprint density at radius 1 is 1.29 bits per heavy atom. The highest BCUT2D eigenvalue weighted by Gasteiger charge is 2.23. The minimum Gasteiger partial charge on any atom is -0.360 e. The number of aromatic nitrogens is 1. The fraction of sp³-hybridized carbons (Fsp3) is 0.333. The van der Waals surface area contributed by atoms with Crippen LogP contribution in [0.1, 0.15) is 23.4 Å². The largest absolute Gasteiger partial charge is 0.360 e. The first-order valence-corrected chi connectivity index (χ1v) is 9.10. The van der Waals surface area contributed by atoms with Gasteiger partial charge in [0.25, 0.3) is 0 Å². The van der Waals surface area contributed by atoms with E-state index in [0.717, 1.165) is 5.56 Å². The second-order valence-corrected chi connectivity index (χ2v) is 7.28. The van der Waals surface area contributed by atoms with Crippen molar-refractivity contribution in [3.8, 4) is 0 Å². The van der Waals surface area contributed by atoms with Crippen molar-refractivity contribution >= 4 is 27.5 Å². The van der Waals surface area contributed by atoms with Gasteiger partial charge in [0.15, 0.2) is 5.76 Å². The van der Waals surface area contributed by atoms with Crippen LogP contribution in [-0.4, -0.2) is 26.0 Å². The van der Waals surface area contributed by atoms with E-state index in [0.29, 0.717) is 5.02 Å². The van der Waals surface area contributed by atoms with Gasteiger partial charge in [0.05, 0.1) is 0 Å². The molecule has 1 amide bonds. The lowest BCUT2D eigenvalue weighted by atomic mass is 10.2. The third-order valence-electron chi connectivity index (χ3n) is 3.31. The lowest BCUT2D eigenvalue weighted by molar-refractivity contribution is -0.121. The van der Waals surface area contributed by atoms with Crippen LogP contribution < -0.4 is 10.0 Å². The number of hydrogen-bond acceptors (Lipinski definition) is 5. The highest BCUT2D eigenvalue weighted by Crippen LogP contribution is 2.18. The van der Waals surface area contributed by atoms with E-state index in [1.807, 2.05) is 12.1 Å². The van der Waals surface area contributed by atoms with Crippen molar-refractivity contribution in [3.05, 3.63) is 46.3 Å². The summed E-state index contributed by atoms with van der Waals surface area (Å²) in [5, 5.41) is 6.87. The Labute approximate surface area is 145 Å². The molecule has 0 radical (unpaired) electrons. The molecule has 7 nitrogen and oxygen atoms in total. The number of amides is 1. The van der Waals surface area contributed by atoms with E-state index in [1.54, 1.807) is 19.1 Å². The molecule has 130 valence electrons. The van der Waals surface area contributed by atoms with E-state index in [9.17, 15) is 13.2 Å². The van der Waals surface area contributed by atoms with Gasteiger partial charge in [-0.15, -0.1) is 0 Å². The molecule has 0 aliphatic heterocycles. The van der Waals surface area contributed by atoms with Crippen LogP contribution >= 0.6 is 11.6 Å². The number of carbonyl (C=O) groups is 1. The van der Waals surface area contributed by atoms with Crippen LogP contribution in [0.4, 0.5) is 0 Å². The third kappa shape index (κ3) is 4.56. The maximum Gasteiger partial charge on any atom is 0.245 e. The number of hydrogen-bond donors (Lipinski definition) is 2. The van der Waals surface area contributed by atoms with Gasteiger partial charge in [0.2, 0.25) is 15.9 Å². The van der Waals surface area contributed by atoms with E-state index in [4.69, 9.17) is 16.1 Å². The van der Waals surface area contributed by atoms with Crippen LogP contribution in [0.25, 0.3) is 0 Å². The summed E-state index contributed by atoms with van der Waals surface area (Å²) in [6.45, 7) is 3.32. The van der Waals surface area contributed by atoms with Gasteiger partial charge in [-0.3, -0.25) is 4.79 Å². The molecule has 0 saturated heterocycles. The van der Waals surface area contributed by atoms with Crippen molar-refractivity contribution in [3.63, 3.8) is 0 Å². The molecule has 0 spiro atoms. The number of sulfonamides is 1. The maximum absolute atomic E-state index is 12.2. The Morgan fingerprint density at radius 2 is 2.00 bits per heavy atom. The van der Waals surface area contributed by atoms with Crippen molar-refractivity contribution in [2.45, 2.75) is 31.7 Å². The monoisotopic (exact) mass is 371 g/mol. The highest BCUT2D eigenvalue weighted by molar-refractivity contribution is 7.89. The van der Waals surface area contributed by atoms with E-state index < -0.39 is 10.0 Å². The first-order valence-electron chi connectivity index (χ1n) is 7.24. The molecule has 1 heterocycles. The van der Waals surface area contributed by atoms with Gasteiger partial charge < -0.3 is 9.84 Å². The average Bonchev–Trinajstić information content (AvgIpc) is 2.86. The number of benzene rings is 1. The molecule has 0 aliphatic carbocycles. The fourth-order valence-corrected chi connectivity index (χ4v) is 3.71. The first-order chi connectivity index (χ1) is 11.3. The molecule has 2 rings (SSSR count). The molecule has 0 aliphatic rings. The van der Waals surface area contributed by atoms with E-state index >= 15 is 0 Å². The zero-order chi connectivity index (χ0) is 17.7. The molecule has 1 aromatic carbocycles. The van der Waals surface area contributed by atoms with Crippen LogP contribution in [0.2, 0.25) is 5.02 Å². The Hall–Kier alpha value is -1.90. The number of nitrogens with zero attached hydrogens (tertiary/aromatic N) is 1. The van der Waals surface area contributed by atoms with Crippen LogP contribution in [0.5, 0.6) is 0 Å². The zero-order valence-corrected chi connectivity index (χ0v) is 14.9. The SMILES string of the molecule is Cc1noc(C)c1S(=O)(=O)NCCC(=O)NCc1ccccc1Cl. The number of rotatable bonds is 7. The molecule has 9 heteroatoms. The zero-order valence-electron chi connectivity index (χ0n) is 13.3. The summed E-state index contributed by atoms with van der Waals surface area (Å²) < 4.78 is 31.6. The average molecular weight is 372 g/mol. The van der Waals surface area contributed by atoms with E-state index in [1.165, 1.54) is 6.92 Å². The van der Waals surface area contributed by atoms with E-state index in [2.05, 4.69) is 15.2 Å². The molecule has 24 heavy (non-hydrogen) atoms. The molecule has 2 N–H and O–H groups in total. The smallest absolute Gasteiger partial charge is 0.245 e. The van der Waals surface area contributed by atoms with Gasteiger partial charge in [-0.1, -0.05) is 35.0 Å². The van der Waals surface area contributed by atoms with Crippen molar-refractivity contribution in [1.29, 1.82) is 0 Å².